The summed E-state index contributed by atoms with van der Waals surface area (Å²) >= 11 is 1.16. The first-order valence-corrected chi connectivity index (χ1v) is 16.4. The number of piperidine rings is 1. The second kappa shape index (κ2) is 15.7. The van der Waals surface area contributed by atoms with Gasteiger partial charge in [0.05, 0.1) is 16.9 Å². The first-order chi connectivity index (χ1) is 24.4. The number of carbonyl (C=O) groups excluding carboxylic acids is 2. The maximum absolute atomic E-state index is 13.0. The minimum absolute atomic E-state index is 0.0688. The molecule has 2 fully saturated rings. The molecule has 2 aliphatic rings. The predicted octanol–water partition coefficient (Wildman–Crippen LogP) is 3.71. The molecule has 2 aromatic heterocycles. The Hall–Kier alpha value is -4.74. The molecular weight excluding hydrogens is 618 g/mol. The van der Waals surface area contributed by atoms with Gasteiger partial charge in [-0.1, -0.05) is 29.9 Å². The second-order valence-electron chi connectivity index (χ2n) is 11.5. The van der Waals surface area contributed by atoms with Gasteiger partial charge >= 0.3 is 6.09 Å². The summed E-state index contributed by atoms with van der Waals surface area (Å²) in [5, 5.41) is 21.4. The highest BCUT2D eigenvalue weighted by molar-refractivity contribution is 7.98. The van der Waals surface area contributed by atoms with Gasteiger partial charge in [0.15, 0.2) is 5.16 Å². The summed E-state index contributed by atoms with van der Waals surface area (Å²) in [4.78, 5) is 54.9. The van der Waals surface area contributed by atoms with Crippen LogP contribution in [-0.4, -0.2) is 98.5 Å². The van der Waals surface area contributed by atoms with E-state index in [1.54, 1.807) is 0 Å². The van der Waals surface area contributed by atoms with Gasteiger partial charge in [-0.2, -0.15) is 5.26 Å². The summed E-state index contributed by atoms with van der Waals surface area (Å²) in [6.07, 6.45) is 1.65. The van der Waals surface area contributed by atoms with Crippen molar-refractivity contribution in [3.63, 3.8) is 0 Å². The molecule has 14 heteroatoms. The van der Waals surface area contributed by atoms with E-state index in [9.17, 15) is 19.6 Å². The molecule has 2 aliphatic heterocycles. The van der Waals surface area contributed by atoms with Crippen molar-refractivity contribution in [2.45, 2.75) is 43.5 Å². The van der Waals surface area contributed by atoms with E-state index < -0.39 is 36.2 Å². The van der Waals surface area contributed by atoms with E-state index in [1.165, 1.54) is 11.8 Å². The van der Waals surface area contributed by atoms with Crippen LogP contribution >= 0.6 is 11.8 Å². The van der Waals surface area contributed by atoms with E-state index in [0.717, 1.165) is 49.9 Å². The third-order valence-corrected chi connectivity index (χ3v) is 9.01. The quantitative estimate of drug-likeness (QED) is 0.213. The zero-order chi connectivity index (χ0) is 36.8. The Bertz CT molecular complexity index is 1830. The molecule has 0 radical (unpaired) electrons. The van der Waals surface area contributed by atoms with Gasteiger partial charge in [-0.15, -0.1) is 0 Å². The average Bonchev–Trinajstić information content (AvgIpc) is 3.11. The van der Waals surface area contributed by atoms with E-state index in [1.807, 2.05) is 29.2 Å². The highest BCUT2D eigenvalue weighted by Gasteiger charge is 2.27. The number of nitrogens with two attached hydrogens (primary N) is 1. The molecule has 5 rings (SSSR count). The number of hydrogen-bond donors (Lipinski definition) is 3. The van der Waals surface area contributed by atoms with Crippen molar-refractivity contribution < 1.29 is 25.0 Å². The number of amides is 3. The number of anilines is 2. The van der Waals surface area contributed by atoms with Gasteiger partial charge in [-0.3, -0.25) is 19.5 Å². The second-order valence-corrected chi connectivity index (χ2v) is 12.4. The summed E-state index contributed by atoms with van der Waals surface area (Å²) in [5.74, 6) is 0.0990. The molecule has 47 heavy (non-hydrogen) atoms. The van der Waals surface area contributed by atoms with Crippen molar-refractivity contribution in [3.8, 4) is 17.3 Å². The molecule has 246 valence electrons. The highest BCUT2D eigenvalue weighted by atomic mass is 32.2. The number of piperazine rings is 1. The lowest BCUT2D eigenvalue weighted by atomic mass is 9.96. The predicted molar refractivity (Wildman–Crippen MR) is 178 cm³/mol. The van der Waals surface area contributed by atoms with Crippen molar-refractivity contribution >= 4 is 41.2 Å². The summed E-state index contributed by atoms with van der Waals surface area (Å²) in [7, 11) is 0. The Labute approximate surface area is 283 Å². The number of pyridine rings is 1. The molecule has 13 nitrogen and oxygen atoms in total. The molecular formula is C33H39N9O4S. The van der Waals surface area contributed by atoms with Gasteiger partial charge in [-0.05, 0) is 49.4 Å². The lowest BCUT2D eigenvalue weighted by Crippen LogP contribution is -2.50. The average molecular weight is 662 g/mol. The van der Waals surface area contributed by atoms with Crippen LogP contribution in [0.2, 0.25) is 0 Å². The van der Waals surface area contributed by atoms with Crippen molar-refractivity contribution in [3.05, 3.63) is 59.3 Å². The third-order valence-electron chi connectivity index (χ3n) is 8.13. The van der Waals surface area contributed by atoms with E-state index in [0.29, 0.717) is 56.4 Å². The summed E-state index contributed by atoms with van der Waals surface area (Å²) in [6, 6.07) is 5.45. The number of aryl methyl sites for hydroxylation is 1. The standard InChI is InChI=1S/C33H39N9O4S/c1-22(43)36-26-7-5-24(6-8-26)30-28(19-34)31(35)39-32(38-30)47-21-27-4-2-3-25(37-27)9-10-29(44)41-17-15-40(16-18-41)20-23-11-13-42(14-12-23)33(45)46/h2-8,23H,9-18,20-21H2,1H3,(H,36,43)(H,45,46)(H2,35,38,39)/i5D,6D,7D,8D. The monoisotopic (exact) mass is 661 g/mol. The van der Waals surface area contributed by atoms with Gasteiger partial charge < -0.3 is 26.0 Å². The Morgan fingerprint density at radius 1 is 1.04 bits per heavy atom. The number of benzene rings is 1. The topological polar surface area (TPSA) is 182 Å². The molecule has 0 bridgehead atoms. The molecule has 1 aromatic carbocycles. The number of likely N-dealkylation sites (tertiary alicyclic amines) is 1. The van der Waals surface area contributed by atoms with Crippen LogP contribution in [0.3, 0.4) is 0 Å². The van der Waals surface area contributed by atoms with Crippen LogP contribution in [0, 0.1) is 17.2 Å². The Morgan fingerprint density at radius 3 is 2.40 bits per heavy atom. The largest absolute Gasteiger partial charge is 0.465 e. The van der Waals surface area contributed by atoms with E-state index in [4.69, 9.17) is 21.3 Å². The number of carbonyl (C=O) groups is 3. The number of nitrogens with zero attached hydrogens (tertiary/aromatic N) is 7. The molecule has 3 amide bonds. The van der Waals surface area contributed by atoms with Gasteiger partial charge in [0, 0.05) is 81.9 Å². The Balaban J connectivity index is 1.18. The number of nitrogens with one attached hydrogen (secondary N) is 1. The summed E-state index contributed by atoms with van der Waals surface area (Å²) < 4.78 is 33.7. The number of nitrogen functional groups attached to an aromatic ring is 1. The van der Waals surface area contributed by atoms with Crippen LogP contribution < -0.4 is 11.1 Å². The van der Waals surface area contributed by atoms with Crippen molar-refractivity contribution in [1.82, 2.24) is 29.7 Å². The van der Waals surface area contributed by atoms with Crippen LogP contribution in [0.4, 0.5) is 16.3 Å². The summed E-state index contributed by atoms with van der Waals surface area (Å²) in [6.45, 7) is 6.16. The van der Waals surface area contributed by atoms with Crippen molar-refractivity contribution in [2.24, 2.45) is 5.92 Å². The molecule has 0 atom stereocenters. The highest BCUT2D eigenvalue weighted by Crippen LogP contribution is 2.29. The fourth-order valence-electron chi connectivity index (χ4n) is 5.61. The number of hydrogen-bond acceptors (Lipinski definition) is 10. The molecule has 3 aromatic rings. The first kappa shape index (κ1) is 28.5. The minimum Gasteiger partial charge on any atom is -0.465 e. The van der Waals surface area contributed by atoms with Gasteiger partial charge in [-0.25, -0.2) is 14.8 Å². The number of rotatable bonds is 10. The van der Waals surface area contributed by atoms with Gasteiger partial charge in [0.25, 0.3) is 0 Å². The molecule has 4 N–H and O–H groups in total. The fourth-order valence-corrected chi connectivity index (χ4v) is 6.37. The lowest BCUT2D eigenvalue weighted by molar-refractivity contribution is -0.133. The van der Waals surface area contributed by atoms with Gasteiger partial charge in [0.2, 0.25) is 11.8 Å². The van der Waals surface area contributed by atoms with E-state index >= 15 is 0 Å². The van der Waals surface area contributed by atoms with Crippen LogP contribution in [-0.2, 0) is 21.8 Å². The smallest absolute Gasteiger partial charge is 0.407 e. The molecule has 0 spiro atoms. The van der Waals surface area contributed by atoms with Crippen molar-refractivity contribution in [1.29, 1.82) is 5.26 Å². The molecule has 4 heterocycles. The molecule has 0 aliphatic carbocycles. The van der Waals surface area contributed by atoms with E-state index in [2.05, 4.69) is 20.2 Å². The number of thioether (sulfide) groups is 1. The van der Waals surface area contributed by atoms with Crippen LogP contribution in [0.1, 0.15) is 48.6 Å². The van der Waals surface area contributed by atoms with Crippen LogP contribution in [0.5, 0.6) is 0 Å². The molecule has 0 saturated carbocycles. The Morgan fingerprint density at radius 2 is 1.74 bits per heavy atom. The van der Waals surface area contributed by atoms with Gasteiger partial charge in [0.1, 0.15) is 17.5 Å². The molecule has 2 saturated heterocycles. The molecule has 0 unspecified atom stereocenters. The number of nitriles is 1. The van der Waals surface area contributed by atoms with Crippen molar-refractivity contribution in [2.75, 3.05) is 56.9 Å². The van der Waals surface area contributed by atoms with Crippen LogP contribution in [0.25, 0.3) is 11.3 Å². The van der Waals surface area contributed by atoms with E-state index in [-0.39, 0.29) is 39.4 Å². The minimum atomic E-state index is -0.854. The number of aromatic nitrogens is 3. The Kier molecular flexibility index (Phi) is 9.52. The maximum atomic E-state index is 13.0. The SMILES string of the molecule is [2H]c1c([2H])c(-c2nc(SCc3cccc(CCC(=O)N4CCN(CC5CCN(C(=O)O)CC5)CC4)n3)nc(N)c2C#N)c([2H])c([2H])c1NC(C)=O. The zero-order valence-corrected chi connectivity index (χ0v) is 26.9. The third kappa shape index (κ3) is 9.17. The number of carboxylic acid groups (broad SMARTS) is 1. The zero-order valence-electron chi connectivity index (χ0n) is 30.1. The first-order valence-electron chi connectivity index (χ1n) is 17.4. The summed E-state index contributed by atoms with van der Waals surface area (Å²) in [5.41, 5.74) is 6.65. The fraction of sp³-hybridized carbons (Fsp3) is 0.424. The lowest BCUT2D eigenvalue weighted by Gasteiger charge is -2.38. The maximum Gasteiger partial charge on any atom is 0.407 e. The van der Waals surface area contributed by atoms with Crippen LogP contribution in [0.15, 0.2) is 47.5 Å². The normalized spacial score (nSPS) is 16.9.